The molecule has 19 heavy (non-hydrogen) atoms. The maximum absolute atomic E-state index is 11.8. The Morgan fingerprint density at radius 1 is 1.11 bits per heavy atom. The maximum Gasteiger partial charge on any atom is 0.262 e. The van der Waals surface area contributed by atoms with Crippen LogP contribution in [0.25, 0.3) is 11.1 Å². The first-order chi connectivity index (χ1) is 9.15. The lowest BCUT2D eigenvalue weighted by Crippen LogP contribution is -2.41. The lowest BCUT2D eigenvalue weighted by molar-refractivity contribution is -0.132. The average molecular weight is 254 g/mol. The van der Waals surface area contributed by atoms with Crippen molar-refractivity contribution >= 4 is 11.6 Å². The topological polar surface area (TPSA) is 75.3 Å². The van der Waals surface area contributed by atoms with Gasteiger partial charge in [-0.3, -0.25) is 4.79 Å². The van der Waals surface area contributed by atoms with E-state index in [0.29, 0.717) is 11.3 Å². The second-order valence-corrected chi connectivity index (χ2v) is 4.64. The van der Waals surface area contributed by atoms with Crippen LogP contribution in [0.2, 0.25) is 0 Å². The van der Waals surface area contributed by atoms with Crippen LogP contribution in [-0.4, -0.2) is 17.6 Å². The van der Waals surface area contributed by atoms with Crippen molar-refractivity contribution in [1.82, 2.24) is 0 Å². The van der Waals surface area contributed by atoms with Crippen LogP contribution in [0.4, 0.5) is 5.69 Å². The van der Waals surface area contributed by atoms with E-state index in [2.05, 4.69) is 5.32 Å². The second-order valence-electron chi connectivity index (χ2n) is 4.64. The fourth-order valence-electron chi connectivity index (χ4n) is 2.36. The molecule has 0 aliphatic carbocycles. The predicted octanol–water partition coefficient (Wildman–Crippen LogP) is 1.45. The summed E-state index contributed by atoms with van der Waals surface area (Å²) in [5.41, 5.74) is 7.07. The van der Waals surface area contributed by atoms with Crippen molar-refractivity contribution in [3.05, 3.63) is 54.1 Å². The molecule has 4 nitrogen and oxygen atoms in total. The number of benzene rings is 2. The number of carbonyl (C=O) groups is 1. The van der Waals surface area contributed by atoms with Crippen LogP contribution >= 0.6 is 0 Å². The molecule has 1 amide bonds. The Kier molecular flexibility index (Phi) is 2.62. The molecular formula is C15H14N2O2. The highest BCUT2D eigenvalue weighted by molar-refractivity contribution is 6.05. The Balaban J connectivity index is 2.13. The lowest BCUT2D eigenvalue weighted by Gasteiger charge is -2.18. The van der Waals surface area contributed by atoms with Crippen molar-refractivity contribution in [1.29, 1.82) is 0 Å². The molecule has 0 saturated heterocycles. The third-order valence-corrected chi connectivity index (χ3v) is 3.49. The molecule has 2 aromatic rings. The van der Waals surface area contributed by atoms with E-state index >= 15 is 0 Å². The number of nitrogens with two attached hydrogens (primary N) is 1. The number of aliphatic hydroxyl groups is 1. The normalized spacial score (nSPS) is 21.1. The SMILES string of the molecule is NC[C@]1(O)C(=O)Nc2ccc(-c3ccccc3)cc21. The van der Waals surface area contributed by atoms with E-state index in [-0.39, 0.29) is 6.54 Å². The fourth-order valence-corrected chi connectivity index (χ4v) is 2.36. The number of hydrogen-bond donors (Lipinski definition) is 3. The van der Waals surface area contributed by atoms with Gasteiger partial charge in [0.2, 0.25) is 0 Å². The Morgan fingerprint density at radius 2 is 1.84 bits per heavy atom. The van der Waals surface area contributed by atoms with E-state index in [9.17, 15) is 9.90 Å². The molecule has 0 spiro atoms. The molecule has 0 bridgehead atoms. The quantitative estimate of drug-likeness (QED) is 0.759. The molecule has 4 heteroatoms. The highest BCUT2D eigenvalue weighted by Gasteiger charge is 2.44. The number of nitrogens with one attached hydrogen (secondary N) is 1. The van der Waals surface area contributed by atoms with E-state index in [4.69, 9.17) is 5.73 Å². The van der Waals surface area contributed by atoms with Gasteiger partial charge < -0.3 is 16.2 Å². The summed E-state index contributed by atoms with van der Waals surface area (Å²) in [5, 5.41) is 13.0. The van der Waals surface area contributed by atoms with Crippen LogP contribution in [0, 0.1) is 0 Å². The molecule has 0 unspecified atom stereocenters. The molecule has 4 N–H and O–H groups in total. The third-order valence-electron chi connectivity index (χ3n) is 3.49. The molecule has 96 valence electrons. The molecule has 0 fully saturated rings. The van der Waals surface area contributed by atoms with Gasteiger partial charge in [0, 0.05) is 17.8 Å². The summed E-state index contributed by atoms with van der Waals surface area (Å²) in [4.78, 5) is 11.8. The second kappa shape index (κ2) is 4.19. The van der Waals surface area contributed by atoms with Crippen molar-refractivity contribution < 1.29 is 9.90 Å². The minimum absolute atomic E-state index is 0.135. The summed E-state index contributed by atoms with van der Waals surface area (Å²) in [6.45, 7) is -0.135. The van der Waals surface area contributed by atoms with Crippen molar-refractivity contribution in [3.8, 4) is 11.1 Å². The zero-order chi connectivity index (χ0) is 13.5. The van der Waals surface area contributed by atoms with E-state index in [1.807, 2.05) is 42.5 Å². The highest BCUT2D eigenvalue weighted by Crippen LogP contribution is 2.37. The number of fused-ring (bicyclic) bond motifs is 1. The van der Waals surface area contributed by atoms with E-state index < -0.39 is 11.5 Å². The van der Waals surface area contributed by atoms with Crippen LogP contribution in [0.5, 0.6) is 0 Å². The molecule has 1 aliphatic rings. The van der Waals surface area contributed by atoms with E-state index in [1.54, 1.807) is 6.07 Å². The zero-order valence-corrected chi connectivity index (χ0v) is 10.3. The van der Waals surface area contributed by atoms with Crippen LogP contribution in [0.3, 0.4) is 0 Å². The first-order valence-corrected chi connectivity index (χ1v) is 6.09. The number of hydrogen-bond acceptors (Lipinski definition) is 3. The van der Waals surface area contributed by atoms with Gasteiger partial charge >= 0.3 is 0 Å². The van der Waals surface area contributed by atoms with Crippen LogP contribution in [-0.2, 0) is 10.4 Å². The van der Waals surface area contributed by atoms with Crippen LogP contribution in [0.15, 0.2) is 48.5 Å². The Bertz CT molecular complexity index is 640. The standard InChI is InChI=1S/C15H14N2O2/c16-9-15(19)12-8-11(10-4-2-1-3-5-10)6-7-13(12)17-14(15)18/h1-8,19H,9,16H2,(H,17,18)/t15-/m1/s1. The molecular weight excluding hydrogens is 240 g/mol. The lowest BCUT2D eigenvalue weighted by atomic mass is 9.92. The van der Waals surface area contributed by atoms with Crippen molar-refractivity contribution in [2.45, 2.75) is 5.60 Å². The van der Waals surface area contributed by atoms with Gasteiger partial charge in [-0.25, -0.2) is 0 Å². The summed E-state index contributed by atoms with van der Waals surface area (Å²) in [5.74, 6) is -0.463. The Morgan fingerprint density at radius 3 is 2.53 bits per heavy atom. The maximum atomic E-state index is 11.8. The van der Waals surface area contributed by atoms with Crippen LogP contribution in [0.1, 0.15) is 5.56 Å². The van der Waals surface area contributed by atoms with Crippen molar-refractivity contribution in [2.75, 3.05) is 11.9 Å². The van der Waals surface area contributed by atoms with Crippen molar-refractivity contribution in [3.63, 3.8) is 0 Å². The number of anilines is 1. The molecule has 1 atom stereocenters. The Labute approximate surface area is 110 Å². The predicted molar refractivity (Wildman–Crippen MR) is 73.5 cm³/mol. The van der Waals surface area contributed by atoms with E-state index in [1.165, 1.54) is 0 Å². The summed E-state index contributed by atoms with van der Waals surface area (Å²) < 4.78 is 0. The summed E-state index contributed by atoms with van der Waals surface area (Å²) in [6, 6.07) is 15.3. The van der Waals surface area contributed by atoms with Gasteiger partial charge in [0.1, 0.15) is 0 Å². The summed E-state index contributed by atoms with van der Waals surface area (Å²) >= 11 is 0. The number of carbonyl (C=O) groups excluding carboxylic acids is 1. The van der Waals surface area contributed by atoms with Gasteiger partial charge in [-0.2, -0.15) is 0 Å². The molecule has 0 aromatic heterocycles. The first kappa shape index (κ1) is 11.9. The fraction of sp³-hybridized carbons (Fsp3) is 0.133. The van der Waals surface area contributed by atoms with Crippen molar-refractivity contribution in [2.24, 2.45) is 5.73 Å². The van der Waals surface area contributed by atoms with Gasteiger partial charge in [0.15, 0.2) is 5.60 Å². The third kappa shape index (κ3) is 1.73. The minimum Gasteiger partial charge on any atom is -0.374 e. The number of amides is 1. The highest BCUT2D eigenvalue weighted by atomic mass is 16.3. The van der Waals surface area contributed by atoms with E-state index in [0.717, 1.165) is 11.1 Å². The molecule has 2 aromatic carbocycles. The van der Waals surface area contributed by atoms with Gasteiger partial charge in [0.05, 0.1) is 0 Å². The minimum atomic E-state index is -1.62. The van der Waals surface area contributed by atoms with Crippen LogP contribution < -0.4 is 11.1 Å². The summed E-state index contributed by atoms with van der Waals surface area (Å²) in [6.07, 6.45) is 0. The largest absolute Gasteiger partial charge is 0.374 e. The number of rotatable bonds is 2. The van der Waals surface area contributed by atoms with Gasteiger partial charge in [-0.1, -0.05) is 36.4 Å². The Hall–Kier alpha value is -2.17. The average Bonchev–Trinajstić information content (AvgIpc) is 2.72. The smallest absolute Gasteiger partial charge is 0.262 e. The monoisotopic (exact) mass is 254 g/mol. The summed E-state index contributed by atoms with van der Waals surface area (Å²) in [7, 11) is 0. The van der Waals surface area contributed by atoms with Gasteiger partial charge in [-0.05, 0) is 23.3 Å². The molecule has 1 aliphatic heterocycles. The zero-order valence-electron chi connectivity index (χ0n) is 10.3. The molecule has 0 saturated carbocycles. The molecule has 1 heterocycles. The molecule has 0 radical (unpaired) electrons. The van der Waals surface area contributed by atoms with Gasteiger partial charge in [-0.15, -0.1) is 0 Å². The van der Waals surface area contributed by atoms with Gasteiger partial charge in [0.25, 0.3) is 5.91 Å². The molecule has 3 rings (SSSR count). The first-order valence-electron chi connectivity index (χ1n) is 6.09.